The van der Waals surface area contributed by atoms with Crippen LogP contribution in [0.1, 0.15) is 13.3 Å². The van der Waals surface area contributed by atoms with Gasteiger partial charge in [-0.2, -0.15) is 0 Å². The van der Waals surface area contributed by atoms with E-state index in [0.717, 1.165) is 6.42 Å². The summed E-state index contributed by atoms with van der Waals surface area (Å²) in [5.41, 5.74) is 4.86. The highest BCUT2D eigenvalue weighted by atomic mass is 16.5. The van der Waals surface area contributed by atoms with Gasteiger partial charge in [-0.25, -0.2) is 4.79 Å². The zero-order chi connectivity index (χ0) is 14.4. The molecule has 2 unspecified atom stereocenters. The molecule has 8 heteroatoms. The van der Waals surface area contributed by atoms with E-state index in [9.17, 15) is 14.4 Å². The summed E-state index contributed by atoms with van der Waals surface area (Å²) in [6.07, 6.45) is 0.757. The molecule has 1 fully saturated rings. The molecule has 2 atom stereocenters. The molecule has 1 rings (SSSR count). The van der Waals surface area contributed by atoms with E-state index < -0.39 is 23.8 Å². The minimum absolute atomic E-state index is 0.0748. The Kier molecular flexibility index (Phi) is 5.71. The Labute approximate surface area is 110 Å². The monoisotopic (exact) mass is 273 g/mol. The van der Waals surface area contributed by atoms with Gasteiger partial charge in [-0.3, -0.25) is 19.8 Å². The number of ether oxygens (including phenoxy) is 1. The lowest BCUT2D eigenvalue weighted by molar-refractivity contribution is -0.143. The van der Waals surface area contributed by atoms with E-state index in [4.69, 9.17) is 15.6 Å². The number of imide groups is 1. The zero-order valence-corrected chi connectivity index (χ0v) is 10.8. The van der Waals surface area contributed by atoms with Gasteiger partial charge in [-0.05, 0) is 13.0 Å². The zero-order valence-electron chi connectivity index (χ0n) is 10.8. The van der Waals surface area contributed by atoms with Gasteiger partial charge < -0.3 is 15.6 Å². The van der Waals surface area contributed by atoms with Crippen molar-refractivity contribution in [1.29, 1.82) is 0 Å². The number of nitrogens with one attached hydrogen (secondary N) is 1. The predicted octanol–water partition coefficient (Wildman–Crippen LogP) is -1.01. The van der Waals surface area contributed by atoms with Crippen molar-refractivity contribution in [2.75, 3.05) is 26.3 Å². The van der Waals surface area contributed by atoms with Crippen molar-refractivity contribution in [3.63, 3.8) is 0 Å². The first-order valence-corrected chi connectivity index (χ1v) is 6.09. The molecule has 1 aliphatic heterocycles. The number of hydrogen-bond acceptors (Lipinski definition) is 5. The van der Waals surface area contributed by atoms with Gasteiger partial charge in [0.15, 0.2) is 0 Å². The SMILES string of the molecule is CCCN(CC(=O)NC(N)=O)C1COCC1C(=O)O. The Balaban J connectivity index is 2.68. The molecule has 0 spiro atoms. The molecule has 1 saturated heterocycles. The highest BCUT2D eigenvalue weighted by Gasteiger charge is 2.38. The quantitative estimate of drug-likeness (QED) is 0.570. The Bertz CT molecular complexity index is 360. The molecule has 1 heterocycles. The van der Waals surface area contributed by atoms with Crippen LogP contribution >= 0.6 is 0 Å². The van der Waals surface area contributed by atoms with E-state index in [2.05, 4.69) is 0 Å². The molecule has 0 aromatic carbocycles. The van der Waals surface area contributed by atoms with Gasteiger partial charge >= 0.3 is 12.0 Å². The van der Waals surface area contributed by atoms with Crippen LogP contribution in [-0.2, 0) is 14.3 Å². The number of primary amides is 1. The normalized spacial score (nSPS) is 22.4. The standard InChI is InChI=1S/C11H19N3O5/c1-2-3-14(4-9(15)13-11(12)18)8-6-19-5-7(8)10(16)17/h7-8H,2-6H2,1H3,(H,16,17)(H3,12,13,15,18). The van der Waals surface area contributed by atoms with Crippen LogP contribution in [0.5, 0.6) is 0 Å². The first-order chi connectivity index (χ1) is 8.95. The molecule has 0 aromatic rings. The summed E-state index contributed by atoms with van der Waals surface area (Å²) in [4.78, 5) is 34.9. The lowest BCUT2D eigenvalue weighted by atomic mass is 10.0. The molecule has 0 saturated carbocycles. The summed E-state index contributed by atoms with van der Waals surface area (Å²) >= 11 is 0. The molecule has 8 nitrogen and oxygen atoms in total. The lowest BCUT2D eigenvalue weighted by Crippen LogP contribution is -2.49. The van der Waals surface area contributed by atoms with Crippen molar-refractivity contribution < 1.29 is 24.2 Å². The predicted molar refractivity (Wildman–Crippen MR) is 65.3 cm³/mol. The Hall–Kier alpha value is -1.67. The van der Waals surface area contributed by atoms with E-state index in [0.29, 0.717) is 6.54 Å². The molecule has 3 amide bonds. The van der Waals surface area contributed by atoms with Crippen molar-refractivity contribution in [3.8, 4) is 0 Å². The van der Waals surface area contributed by atoms with Gasteiger partial charge in [-0.1, -0.05) is 6.92 Å². The first kappa shape index (κ1) is 15.4. The van der Waals surface area contributed by atoms with Crippen molar-refractivity contribution in [2.45, 2.75) is 19.4 Å². The van der Waals surface area contributed by atoms with Gasteiger partial charge in [0, 0.05) is 6.04 Å². The second-order valence-corrected chi connectivity index (χ2v) is 4.43. The molecular weight excluding hydrogens is 254 g/mol. The smallest absolute Gasteiger partial charge is 0.318 e. The third-order valence-electron chi connectivity index (χ3n) is 2.96. The average Bonchev–Trinajstić information content (AvgIpc) is 2.75. The van der Waals surface area contributed by atoms with Crippen LogP contribution in [0.25, 0.3) is 0 Å². The number of carbonyl (C=O) groups is 3. The Morgan fingerprint density at radius 1 is 1.42 bits per heavy atom. The number of nitrogens with two attached hydrogens (primary N) is 1. The fourth-order valence-corrected chi connectivity index (χ4v) is 2.15. The van der Waals surface area contributed by atoms with E-state index in [1.807, 2.05) is 12.2 Å². The van der Waals surface area contributed by atoms with Crippen molar-refractivity contribution in [2.24, 2.45) is 11.7 Å². The fourth-order valence-electron chi connectivity index (χ4n) is 2.15. The molecule has 108 valence electrons. The topological polar surface area (TPSA) is 122 Å². The van der Waals surface area contributed by atoms with Crippen LogP contribution < -0.4 is 11.1 Å². The number of carboxylic acid groups (broad SMARTS) is 1. The van der Waals surface area contributed by atoms with E-state index in [1.54, 1.807) is 4.90 Å². The number of amides is 3. The number of carbonyl (C=O) groups excluding carboxylic acids is 2. The maximum Gasteiger partial charge on any atom is 0.318 e. The van der Waals surface area contributed by atoms with Crippen LogP contribution in [0.3, 0.4) is 0 Å². The summed E-state index contributed by atoms with van der Waals surface area (Å²) in [7, 11) is 0. The van der Waals surface area contributed by atoms with Gasteiger partial charge in [-0.15, -0.1) is 0 Å². The maximum absolute atomic E-state index is 11.5. The fraction of sp³-hybridized carbons (Fsp3) is 0.727. The second kappa shape index (κ2) is 7.05. The van der Waals surface area contributed by atoms with E-state index >= 15 is 0 Å². The van der Waals surface area contributed by atoms with Crippen LogP contribution in [0.15, 0.2) is 0 Å². The molecule has 0 aliphatic carbocycles. The van der Waals surface area contributed by atoms with Gasteiger partial charge in [0.25, 0.3) is 0 Å². The van der Waals surface area contributed by atoms with Crippen LogP contribution in [-0.4, -0.2) is 60.3 Å². The number of hydrogen-bond donors (Lipinski definition) is 3. The molecule has 0 radical (unpaired) electrons. The summed E-state index contributed by atoms with van der Waals surface area (Å²) in [5, 5.41) is 11.1. The van der Waals surface area contributed by atoms with Crippen molar-refractivity contribution >= 4 is 17.9 Å². The largest absolute Gasteiger partial charge is 0.481 e. The minimum atomic E-state index is -0.945. The maximum atomic E-state index is 11.5. The Morgan fingerprint density at radius 3 is 2.63 bits per heavy atom. The third kappa shape index (κ3) is 4.49. The van der Waals surface area contributed by atoms with E-state index in [1.165, 1.54) is 0 Å². The third-order valence-corrected chi connectivity index (χ3v) is 2.96. The average molecular weight is 273 g/mol. The minimum Gasteiger partial charge on any atom is -0.481 e. The van der Waals surface area contributed by atoms with Gasteiger partial charge in [0.1, 0.15) is 0 Å². The number of rotatable bonds is 6. The number of urea groups is 1. The summed E-state index contributed by atoms with van der Waals surface area (Å²) < 4.78 is 5.18. The summed E-state index contributed by atoms with van der Waals surface area (Å²) in [6, 6.07) is -1.28. The van der Waals surface area contributed by atoms with Crippen LogP contribution in [0, 0.1) is 5.92 Å². The van der Waals surface area contributed by atoms with Crippen molar-refractivity contribution in [3.05, 3.63) is 0 Å². The first-order valence-electron chi connectivity index (χ1n) is 6.09. The van der Waals surface area contributed by atoms with Crippen LogP contribution in [0.4, 0.5) is 4.79 Å². The molecule has 0 aromatic heterocycles. The molecular formula is C11H19N3O5. The highest BCUT2D eigenvalue weighted by molar-refractivity contribution is 5.94. The molecule has 19 heavy (non-hydrogen) atoms. The molecule has 1 aliphatic rings. The number of carboxylic acids is 1. The number of nitrogens with zero attached hydrogens (tertiary/aromatic N) is 1. The number of aliphatic carboxylic acids is 1. The highest BCUT2D eigenvalue weighted by Crippen LogP contribution is 2.20. The van der Waals surface area contributed by atoms with Crippen molar-refractivity contribution in [1.82, 2.24) is 10.2 Å². The van der Waals surface area contributed by atoms with Crippen LogP contribution in [0.2, 0.25) is 0 Å². The van der Waals surface area contributed by atoms with Gasteiger partial charge in [0.05, 0.1) is 25.7 Å². The Morgan fingerprint density at radius 2 is 2.11 bits per heavy atom. The molecule has 0 bridgehead atoms. The summed E-state index contributed by atoms with van der Waals surface area (Å²) in [6.45, 7) is 2.79. The molecule has 4 N–H and O–H groups in total. The summed E-state index contributed by atoms with van der Waals surface area (Å²) in [5.74, 6) is -2.15. The van der Waals surface area contributed by atoms with Gasteiger partial charge in [0.2, 0.25) is 5.91 Å². The second-order valence-electron chi connectivity index (χ2n) is 4.43. The lowest BCUT2D eigenvalue weighted by Gasteiger charge is -2.29. The van der Waals surface area contributed by atoms with E-state index in [-0.39, 0.29) is 25.8 Å².